The molecular formula is C14H18N2O3. The minimum absolute atomic E-state index is 0.0313. The molecule has 0 aromatic heterocycles. The van der Waals surface area contributed by atoms with Crippen LogP contribution in [0.5, 0.6) is 0 Å². The molecule has 0 saturated carbocycles. The SMILES string of the molecule is CC(C(=O)O)N(C)CCc1ccc2c(c1)CC(=O)N2. The van der Waals surface area contributed by atoms with Gasteiger partial charge in [-0.3, -0.25) is 14.5 Å². The minimum Gasteiger partial charge on any atom is -0.480 e. The molecule has 0 bridgehead atoms. The van der Waals surface area contributed by atoms with Crippen LogP contribution in [0, 0.1) is 0 Å². The van der Waals surface area contributed by atoms with Crippen LogP contribution in [0.2, 0.25) is 0 Å². The van der Waals surface area contributed by atoms with Crippen molar-refractivity contribution in [2.75, 3.05) is 18.9 Å². The highest BCUT2D eigenvalue weighted by atomic mass is 16.4. The molecule has 1 aliphatic rings. The number of hydrogen-bond donors (Lipinski definition) is 2. The van der Waals surface area contributed by atoms with E-state index in [0.29, 0.717) is 13.0 Å². The number of benzene rings is 1. The summed E-state index contributed by atoms with van der Waals surface area (Å²) < 4.78 is 0. The van der Waals surface area contributed by atoms with Crippen LogP contribution < -0.4 is 5.32 Å². The number of likely N-dealkylation sites (N-methyl/N-ethyl adjacent to an activating group) is 1. The summed E-state index contributed by atoms with van der Waals surface area (Å²) in [5.41, 5.74) is 3.04. The topological polar surface area (TPSA) is 69.6 Å². The minimum atomic E-state index is -0.814. The Hall–Kier alpha value is -1.88. The summed E-state index contributed by atoms with van der Waals surface area (Å²) in [7, 11) is 1.80. The molecule has 1 aliphatic heterocycles. The van der Waals surface area contributed by atoms with Crippen LogP contribution in [0.25, 0.3) is 0 Å². The second-order valence-electron chi connectivity index (χ2n) is 4.96. The standard InChI is InChI=1S/C14H18N2O3/c1-9(14(18)19)16(2)6-5-10-3-4-12-11(7-10)8-13(17)15-12/h3-4,7,9H,5-6,8H2,1-2H3,(H,15,17)(H,18,19). The first-order valence-electron chi connectivity index (χ1n) is 6.32. The van der Waals surface area contributed by atoms with Gasteiger partial charge in [0.2, 0.25) is 5.91 Å². The van der Waals surface area contributed by atoms with Crippen molar-refractivity contribution in [3.8, 4) is 0 Å². The second-order valence-corrected chi connectivity index (χ2v) is 4.96. The normalized spacial score (nSPS) is 15.2. The van der Waals surface area contributed by atoms with Crippen molar-refractivity contribution in [2.45, 2.75) is 25.8 Å². The highest BCUT2D eigenvalue weighted by Gasteiger charge is 2.19. The maximum absolute atomic E-state index is 11.3. The highest BCUT2D eigenvalue weighted by molar-refractivity contribution is 5.99. The van der Waals surface area contributed by atoms with E-state index < -0.39 is 12.0 Å². The molecule has 0 aliphatic carbocycles. The van der Waals surface area contributed by atoms with E-state index in [1.54, 1.807) is 18.9 Å². The Morgan fingerprint density at radius 1 is 1.53 bits per heavy atom. The average molecular weight is 262 g/mol. The van der Waals surface area contributed by atoms with E-state index in [4.69, 9.17) is 5.11 Å². The molecule has 5 heteroatoms. The number of rotatable bonds is 5. The van der Waals surface area contributed by atoms with E-state index in [-0.39, 0.29) is 5.91 Å². The monoisotopic (exact) mass is 262 g/mol. The molecule has 0 spiro atoms. The van der Waals surface area contributed by atoms with E-state index in [1.807, 2.05) is 18.2 Å². The Bertz CT molecular complexity index is 513. The van der Waals surface area contributed by atoms with Gasteiger partial charge in [-0.05, 0) is 37.6 Å². The van der Waals surface area contributed by atoms with Crippen molar-refractivity contribution >= 4 is 17.6 Å². The zero-order valence-electron chi connectivity index (χ0n) is 11.1. The third kappa shape index (κ3) is 3.12. The molecule has 1 heterocycles. The molecule has 2 N–H and O–H groups in total. The predicted octanol–water partition coefficient (Wildman–Crippen LogP) is 1.13. The van der Waals surface area contributed by atoms with Gasteiger partial charge in [0.05, 0.1) is 6.42 Å². The maximum Gasteiger partial charge on any atom is 0.320 e. The number of carboxylic acids is 1. The first-order valence-corrected chi connectivity index (χ1v) is 6.32. The van der Waals surface area contributed by atoms with Crippen molar-refractivity contribution in [2.24, 2.45) is 0 Å². The summed E-state index contributed by atoms with van der Waals surface area (Å²) in [6, 6.07) is 5.42. The lowest BCUT2D eigenvalue weighted by Gasteiger charge is -2.21. The van der Waals surface area contributed by atoms with Gasteiger partial charge in [-0.15, -0.1) is 0 Å². The smallest absolute Gasteiger partial charge is 0.320 e. The van der Waals surface area contributed by atoms with Gasteiger partial charge in [-0.1, -0.05) is 12.1 Å². The number of nitrogens with zero attached hydrogens (tertiary/aromatic N) is 1. The number of hydrogen-bond acceptors (Lipinski definition) is 3. The fraction of sp³-hybridized carbons (Fsp3) is 0.429. The summed E-state index contributed by atoms with van der Waals surface area (Å²) in [6.45, 7) is 2.35. The molecule has 1 amide bonds. The lowest BCUT2D eigenvalue weighted by Crippen LogP contribution is -2.37. The van der Waals surface area contributed by atoms with Crippen LogP contribution in [0.15, 0.2) is 18.2 Å². The number of carbonyl (C=O) groups excluding carboxylic acids is 1. The van der Waals surface area contributed by atoms with Gasteiger partial charge < -0.3 is 10.4 Å². The van der Waals surface area contributed by atoms with Crippen LogP contribution in [-0.2, 0) is 22.4 Å². The highest BCUT2D eigenvalue weighted by Crippen LogP contribution is 2.24. The van der Waals surface area contributed by atoms with E-state index in [1.165, 1.54) is 0 Å². The van der Waals surface area contributed by atoms with E-state index in [2.05, 4.69) is 5.32 Å². The van der Waals surface area contributed by atoms with E-state index >= 15 is 0 Å². The van der Waals surface area contributed by atoms with Crippen LogP contribution in [-0.4, -0.2) is 41.5 Å². The molecule has 19 heavy (non-hydrogen) atoms. The second kappa shape index (κ2) is 5.40. The molecule has 1 aromatic carbocycles. The zero-order valence-corrected chi connectivity index (χ0v) is 11.1. The number of anilines is 1. The molecule has 2 rings (SSSR count). The molecule has 0 fully saturated rings. The molecular weight excluding hydrogens is 244 g/mol. The number of carbonyl (C=O) groups is 2. The number of carboxylic acid groups (broad SMARTS) is 1. The van der Waals surface area contributed by atoms with Gasteiger partial charge in [-0.2, -0.15) is 0 Å². The predicted molar refractivity (Wildman–Crippen MR) is 72.2 cm³/mol. The summed E-state index contributed by atoms with van der Waals surface area (Å²) in [5.74, 6) is -0.782. The summed E-state index contributed by atoms with van der Waals surface area (Å²) in [5, 5.41) is 11.7. The largest absolute Gasteiger partial charge is 0.480 e. The average Bonchev–Trinajstić information content (AvgIpc) is 2.74. The molecule has 102 valence electrons. The zero-order chi connectivity index (χ0) is 14.0. The summed E-state index contributed by atoms with van der Waals surface area (Å²) >= 11 is 0. The molecule has 1 aromatic rings. The lowest BCUT2D eigenvalue weighted by molar-refractivity contribution is -0.142. The quantitative estimate of drug-likeness (QED) is 0.834. The van der Waals surface area contributed by atoms with Crippen molar-refractivity contribution < 1.29 is 14.7 Å². The van der Waals surface area contributed by atoms with Crippen molar-refractivity contribution in [1.29, 1.82) is 0 Å². The van der Waals surface area contributed by atoms with Crippen molar-refractivity contribution in [3.05, 3.63) is 29.3 Å². The van der Waals surface area contributed by atoms with E-state index in [0.717, 1.165) is 23.2 Å². The number of aliphatic carboxylic acids is 1. The number of nitrogens with one attached hydrogen (secondary N) is 1. The summed E-state index contributed by atoms with van der Waals surface area (Å²) in [6.07, 6.45) is 1.21. The molecule has 1 atom stereocenters. The Kier molecular flexibility index (Phi) is 3.85. The Morgan fingerprint density at radius 3 is 2.95 bits per heavy atom. The maximum atomic E-state index is 11.3. The van der Waals surface area contributed by atoms with Gasteiger partial charge >= 0.3 is 5.97 Å². The third-order valence-corrected chi connectivity index (χ3v) is 3.57. The van der Waals surface area contributed by atoms with E-state index in [9.17, 15) is 9.59 Å². The first kappa shape index (κ1) is 13.5. The van der Waals surface area contributed by atoms with Crippen LogP contribution in [0.3, 0.4) is 0 Å². The molecule has 1 unspecified atom stereocenters. The van der Waals surface area contributed by atoms with Gasteiger partial charge in [0.15, 0.2) is 0 Å². The van der Waals surface area contributed by atoms with Crippen LogP contribution in [0.1, 0.15) is 18.1 Å². The van der Waals surface area contributed by atoms with Gasteiger partial charge in [0.25, 0.3) is 0 Å². The third-order valence-electron chi connectivity index (χ3n) is 3.57. The summed E-state index contributed by atoms with van der Waals surface area (Å²) in [4.78, 5) is 23.9. The Balaban J connectivity index is 1.96. The molecule has 5 nitrogen and oxygen atoms in total. The molecule has 0 saturated heterocycles. The van der Waals surface area contributed by atoms with Gasteiger partial charge in [0.1, 0.15) is 6.04 Å². The van der Waals surface area contributed by atoms with Crippen LogP contribution >= 0.6 is 0 Å². The van der Waals surface area contributed by atoms with Crippen molar-refractivity contribution in [1.82, 2.24) is 4.90 Å². The fourth-order valence-electron chi connectivity index (χ4n) is 2.13. The van der Waals surface area contributed by atoms with Gasteiger partial charge in [0, 0.05) is 12.2 Å². The number of amides is 1. The molecule has 0 radical (unpaired) electrons. The van der Waals surface area contributed by atoms with Crippen LogP contribution in [0.4, 0.5) is 5.69 Å². The first-order chi connectivity index (χ1) is 8.97. The number of fused-ring (bicyclic) bond motifs is 1. The fourth-order valence-corrected chi connectivity index (χ4v) is 2.13. The Morgan fingerprint density at radius 2 is 2.26 bits per heavy atom. The lowest BCUT2D eigenvalue weighted by atomic mass is 10.1. The van der Waals surface area contributed by atoms with Crippen molar-refractivity contribution in [3.63, 3.8) is 0 Å². The van der Waals surface area contributed by atoms with Gasteiger partial charge in [-0.25, -0.2) is 0 Å². The Labute approximate surface area is 112 Å².